The Morgan fingerprint density at radius 1 is 0.369 bits per heavy atom. The van der Waals surface area contributed by atoms with Crippen LogP contribution in [-0.4, -0.2) is 186 Å². The lowest BCUT2D eigenvalue weighted by Crippen LogP contribution is -2.62. The van der Waals surface area contributed by atoms with E-state index in [1.807, 2.05) is 51.1 Å². The van der Waals surface area contributed by atoms with Gasteiger partial charge >= 0.3 is 5.97 Å². The van der Waals surface area contributed by atoms with E-state index in [-0.39, 0.29) is 69.4 Å². The number of nitrogens with one attached hydrogen (secondary N) is 12. The number of hydrogen-bond donors (Lipinski definition) is 17. The van der Waals surface area contributed by atoms with Crippen LogP contribution in [0, 0.1) is 35.5 Å². The zero-order valence-electron chi connectivity index (χ0n) is 62.5. The molecule has 0 fully saturated rings. The zero-order chi connectivity index (χ0) is 77.5. The Hall–Kier alpha value is -8.61. The molecule has 0 saturated heterocycles. The second-order valence-corrected chi connectivity index (χ2v) is 27.7. The van der Waals surface area contributed by atoms with Crippen molar-refractivity contribution >= 4 is 76.9 Å². The molecule has 2 aromatic carbocycles. The quantitative estimate of drug-likeness (QED) is 0.0401. The number of rotatable bonds is 50. The molecule has 0 unspecified atom stereocenters. The Morgan fingerprint density at radius 2 is 0.699 bits per heavy atom. The van der Waals surface area contributed by atoms with Crippen LogP contribution in [0.15, 0.2) is 60.7 Å². The monoisotopic (exact) mass is 1450 g/mol. The molecule has 2 rings (SSSR count). The van der Waals surface area contributed by atoms with Gasteiger partial charge in [0.1, 0.15) is 60.4 Å². The number of unbranched alkanes of at least 4 members (excludes halogenated alkanes) is 2. The van der Waals surface area contributed by atoms with Crippen LogP contribution >= 0.6 is 0 Å². The molecule has 2 aromatic rings. The van der Waals surface area contributed by atoms with E-state index >= 15 is 0 Å². The predicted molar refractivity (Wildman–Crippen MR) is 391 cm³/mol. The van der Waals surface area contributed by atoms with Gasteiger partial charge in [0.25, 0.3) is 0 Å². The molecule has 0 saturated carbocycles. The molecule has 0 radical (unpaired) electrons. The van der Waals surface area contributed by atoms with Gasteiger partial charge < -0.3 is 91.2 Å². The minimum Gasteiger partial charge on any atom is -0.480 e. The van der Waals surface area contributed by atoms with Gasteiger partial charge in [-0.2, -0.15) is 0 Å². The first kappa shape index (κ1) is 90.5. The molecule has 0 aliphatic heterocycles. The smallest absolute Gasteiger partial charge is 0.326 e. The number of carboxylic acids is 1. The first-order chi connectivity index (χ1) is 48.8. The highest BCUT2D eigenvalue weighted by molar-refractivity contribution is 5.99. The number of aliphatic carboxylic acids is 1. The number of benzene rings is 2. The number of carboxylic acid groups (broad SMARTS) is 1. The van der Waals surface area contributed by atoms with E-state index in [2.05, 4.69) is 63.8 Å². The molecule has 0 aromatic heterocycles. The number of hydrogen-bond acceptors (Lipinski definition) is 17. The average molecular weight is 1450 g/mol. The van der Waals surface area contributed by atoms with Crippen molar-refractivity contribution in [3.8, 4) is 0 Å². The number of carbonyl (C=O) groups excluding carboxylic acids is 12. The summed E-state index contributed by atoms with van der Waals surface area (Å²) in [4.78, 5) is 179. The van der Waals surface area contributed by atoms with Crippen molar-refractivity contribution in [3.05, 3.63) is 71.8 Å². The number of nitrogens with two attached hydrogens (primary N) is 3. The third-order valence-corrected chi connectivity index (χ3v) is 18.2. The van der Waals surface area contributed by atoms with Crippen molar-refractivity contribution in [2.45, 2.75) is 239 Å². The molecule has 0 bridgehead atoms. The second-order valence-electron chi connectivity index (χ2n) is 27.7. The van der Waals surface area contributed by atoms with Crippen LogP contribution in [0.1, 0.15) is 171 Å². The Balaban J connectivity index is 2.30. The number of aliphatic hydroxyl groups is 1. The number of aliphatic hydroxyl groups excluding tert-OH is 1. The van der Waals surface area contributed by atoms with E-state index in [9.17, 15) is 72.5 Å². The molecule has 0 aliphatic carbocycles. The van der Waals surface area contributed by atoms with Gasteiger partial charge in [0.05, 0.1) is 25.7 Å². The third-order valence-electron chi connectivity index (χ3n) is 18.2. The average Bonchev–Trinajstić information content (AvgIpc) is 0.858. The van der Waals surface area contributed by atoms with Gasteiger partial charge in [-0.3, -0.25) is 57.5 Å². The van der Waals surface area contributed by atoms with Gasteiger partial charge in [-0.05, 0) is 118 Å². The van der Waals surface area contributed by atoms with Crippen molar-refractivity contribution in [3.63, 3.8) is 0 Å². The van der Waals surface area contributed by atoms with Crippen LogP contribution in [0.2, 0.25) is 0 Å². The van der Waals surface area contributed by atoms with E-state index in [4.69, 9.17) is 17.2 Å². The molecule has 30 nitrogen and oxygen atoms in total. The van der Waals surface area contributed by atoms with Crippen LogP contribution in [0.5, 0.6) is 0 Å². The minimum atomic E-state index is -1.69. The Kier molecular flexibility index (Phi) is 42.5. The molecule has 15 atom stereocenters. The summed E-state index contributed by atoms with van der Waals surface area (Å²) in [5, 5.41) is 52.4. The Bertz CT molecular complexity index is 3020. The lowest BCUT2D eigenvalue weighted by molar-refractivity contribution is -0.142. The van der Waals surface area contributed by atoms with E-state index in [1.54, 1.807) is 92.6 Å². The molecule has 103 heavy (non-hydrogen) atoms. The number of amides is 12. The van der Waals surface area contributed by atoms with Gasteiger partial charge in [-0.1, -0.05) is 169 Å². The Labute approximate surface area is 607 Å². The highest BCUT2D eigenvalue weighted by Gasteiger charge is 2.39. The molecule has 0 aliphatic rings. The van der Waals surface area contributed by atoms with E-state index in [0.29, 0.717) is 56.9 Å². The van der Waals surface area contributed by atoms with E-state index in [1.165, 1.54) is 0 Å². The van der Waals surface area contributed by atoms with Crippen molar-refractivity contribution in [2.24, 2.45) is 52.7 Å². The molecule has 0 heterocycles. The molecule has 20 N–H and O–H groups in total. The lowest BCUT2D eigenvalue weighted by atomic mass is 9.94. The fraction of sp³-hybridized carbons (Fsp3) is 0.658. The maximum absolute atomic E-state index is 14.6. The number of carbonyl (C=O) groups is 13. The minimum absolute atomic E-state index is 0.00409. The van der Waals surface area contributed by atoms with Crippen LogP contribution < -0.4 is 81.0 Å². The van der Waals surface area contributed by atoms with Gasteiger partial charge in [0.2, 0.25) is 70.9 Å². The van der Waals surface area contributed by atoms with Crippen LogP contribution in [-0.2, 0) is 75.2 Å². The zero-order valence-corrected chi connectivity index (χ0v) is 62.5. The third kappa shape index (κ3) is 33.2. The van der Waals surface area contributed by atoms with Crippen molar-refractivity contribution in [2.75, 3.05) is 32.8 Å². The van der Waals surface area contributed by atoms with Gasteiger partial charge in [0, 0.05) is 6.42 Å². The van der Waals surface area contributed by atoms with Gasteiger partial charge in [0.15, 0.2) is 0 Å². The van der Waals surface area contributed by atoms with Crippen LogP contribution in [0.4, 0.5) is 0 Å². The fourth-order valence-electron chi connectivity index (χ4n) is 11.1. The summed E-state index contributed by atoms with van der Waals surface area (Å²) in [5.74, 6) is -12.9. The molecular formula is C73H121N15O15. The summed E-state index contributed by atoms with van der Waals surface area (Å²) >= 11 is 0. The lowest BCUT2D eigenvalue weighted by Gasteiger charge is -2.31. The predicted octanol–water partition coefficient (Wildman–Crippen LogP) is 0.491. The van der Waals surface area contributed by atoms with Crippen molar-refractivity contribution < 1.29 is 72.5 Å². The summed E-state index contributed by atoms with van der Waals surface area (Å²) in [6.07, 6.45) is 3.63. The van der Waals surface area contributed by atoms with E-state index in [0.717, 1.165) is 5.56 Å². The van der Waals surface area contributed by atoms with Crippen molar-refractivity contribution in [1.29, 1.82) is 0 Å². The topological polar surface area (TPSA) is 485 Å². The van der Waals surface area contributed by atoms with Gasteiger partial charge in [-0.15, -0.1) is 0 Å². The van der Waals surface area contributed by atoms with Crippen LogP contribution in [0.25, 0.3) is 0 Å². The summed E-state index contributed by atoms with van der Waals surface area (Å²) in [7, 11) is 0. The molecule has 30 heteroatoms. The van der Waals surface area contributed by atoms with Gasteiger partial charge in [-0.25, -0.2) is 4.79 Å². The maximum atomic E-state index is 14.6. The maximum Gasteiger partial charge on any atom is 0.326 e. The van der Waals surface area contributed by atoms with Crippen LogP contribution in [0.3, 0.4) is 0 Å². The summed E-state index contributed by atoms with van der Waals surface area (Å²) in [5.41, 5.74) is 19.3. The highest BCUT2D eigenvalue weighted by atomic mass is 16.4. The highest BCUT2D eigenvalue weighted by Crippen LogP contribution is 2.18. The fourth-order valence-corrected chi connectivity index (χ4v) is 11.1. The molecule has 578 valence electrons. The molecule has 12 amide bonds. The SMILES string of the molecule is CC[C@H](C)[C@H](NC(=O)CNC(=O)CNC(=O)[C@@H](NC(=O)[C@@H](N)Cc1ccccc1)[C@@H](C)CC)C(=O)N[C@H](C(=O)N[C@@H](CO)C(=O)N[C@@H](CC(C)C)C(=O)N[C@H](C(=O)N[C@@H](CCCCN)C(=O)N[C@@H](CCCCN)C(=O)N[C@@H](CC(C)C)C(=O)N[C@@H](Cc1ccccc1)C(=O)O)[C@@H](C)CC)[C@@H](C)CC. The first-order valence-corrected chi connectivity index (χ1v) is 36.4. The largest absolute Gasteiger partial charge is 0.480 e. The summed E-state index contributed by atoms with van der Waals surface area (Å²) < 4.78 is 0. The summed E-state index contributed by atoms with van der Waals surface area (Å²) in [6.45, 7) is 19.5. The molecule has 0 spiro atoms. The standard InChI is InChI=1S/C73H121N15O15/c1-13-44(9)59(86-63(92)50(76)37-48-27-19-17-20-28-48)69(98)78-39-57(90)77-40-58(91)85-60(45(10)14-2)72(101)88-62(47(12)16-4)71(100)84-56(41-89)68(97)82-54(36-43(7)8)67(96)87-61(46(11)15-3)70(99)80-52(32-24-26-34-75)64(93)79-51(31-23-25-33-74)65(94)81-53(35-42(5)6)66(95)83-55(73(102)103)38-49-29-21-18-22-30-49/h17-22,27-30,42-47,50-56,59-62,89H,13-16,23-26,31-41,74-76H2,1-12H3,(H,77,90)(H,78,98)(H,79,93)(H,80,99)(H,81,94)(H,82,97)(H,83,95)(H,84,100)(H,85,91)(H,86,92)(H,87,96)(H,88,101)(H,102,103)/t44-,45-,46-,47-,50-,51-,52-,53-,54-,55-,56-,59-,60-,61-,62-/m0/s1. The van der Waals surface area contributed by atoms with Crippen molar-refractivity contribution in [1.82, 2.24) is 63.8 Å². The molecular weight excluding hydrogens is 1330 g/mol. The Morgan fingerprint density at radius 3 is 1.12 bits per heavy atom. The first-order valence-electron chi connectivity index (χ1n) is 36.4. The van der Waals surface area contributed by atoms with E-state index < -0.39 is 181 Å². The normalized spacial score (nSPS) is 15.7. The summed E-state index contributed by atoms with van der Waals surface area (Å²) in [6, 6.07) is 3.84. The second kappa shape index (κ2) is 48.4.